The molecule has 0 saturated carbocycles. The Morgan fingerprint density at radius 3 is 2.75 bits per heavy atom. The Morgan fingerprint density at radius 1 is 1.44 bits per heavy atom. The fourth-order valence-corrected chi connectivity index (χ4v) is 2.32. The standard InChI is InChI=1S/C12H13BrFNO/c1-6-9-4-8(14)5-10(13)12(9)16-11(6)7(2)15-3/h4-5,7,15H,1-3H3. The lowest BCUT2D eigenvalue weighted by atomic mass is 10.1. The van der Waals surface area contributed by atoms with Gasteiger partial charge in [-0.2, -0.15) is 0 Å². The topological polar surface area (TPSA) is 25.2 Å². The van der Waals surface area contributed by atoms with Crippen LogP contribution in [0.3, 0.4) is 0 Å². The number of hydrogen-bond donors (Lipinski definition) is 1. The molecule has 1 heterocycles. The highest BCUT2D eigenvalue weighted by Crippen LogP contribution is 2.34. The predicted octanol–water partition coefficient (Wildman–Crippen LogP) is 3.92. The van der Waals surface area contributed by atoms with Crippen LogP contribution in [0.4, 0.5) is 4.39 Å². The van der Waals surface area contributed by atoms with E-state index in [1.165, 1.54) is 12.1 Å². The molecule has 2 aromatic rings. The molecule has 4 heteroatoms. The minimum Gasteiger partial charge on any atom is -0.458 e. The average Bonchev–Trinajstić information content (AvgIpc) is 2.56. The molecule has 1 N–H and O–H groups in total. The fourth-order valence-electron chi connectivity index (χ4n) is 1.81. The molecule has 0 saturated heterocycles. The number of aryl methyl sites for hydroxylation is 1. The molecule has 0 fully saturated rings. The number of benzene rings is 1. The first-order valence-corrected chi connectivity index (χ1v) is 5.89. The van der Waals surface area contributed by atoms with Gasteiger partial charge in [0, 0.05) is 10.9 Å². The van der Waals surface area contributed by atoms with Gasteiger partial charge in [-0.3, -0.25) is 0 Å². The lowest BCUT2D eigenvalue weighted by Gasteiger charge is -2.06. The summed E-state index contributed by atoms with van der Waals surface area (Å²) in [6.45, 7) is 3.95. The molecular weight excluding hydrogens is 273 g/mol. The van der Waals surface area contributed by atoms with Crippen molar-refractivity contribution < 1.29 is 8.81 Å². The normalized spacial score (nSPS) is 13.3. The van der Waals surface area contributed by atoms with E-state index in [1.807, 2.05) is 20.9 Å². The lowest BCUT2D eigenvalue weighted by Crippen LogP contribution is -2.12. The minimum atomic E-state index is -0.257. The highest BCUT2D eigenvalue weighted by Gasteiger charge is 2.17. The van der Waals surface area contributed by atoms with Crippen molar-refractivity contribution >= 4 is 26.9 Å². The van der Waals surface area contributed by atoms with E-state index in [0.717, 1.165) is 16.7 Å². The maximum Gasteiger partial charge on any atom is 0.149 e. The summed E-state index contributed by atoms with van der Waals surface area (Å²) in [5.41, 5.74) is 1.69. The molecule has 1 atom stereocenters. The number of halogens is 2. The minimum absolute atomic E-state index is 0.113. The number of nitrogens with one attached hydrogen (secondary N) is 1. The Morgan fingerprint density at radius 2 is 2.12 bits per heavy atom. The molecular formula is C12H13BrFNO. The van der Waals surface area contributed by atoms with Gasteiger partial charge in [0.05, 0.1) is 10.5 Å². The van der Waals surface area contributed by atoms with Crippen LogP contribution in [0.5, 0.6) is 0 Å². The first-order valence-electron chi connectivity index (χ1n) is 5.10. The average molecular weight is 286 g/mol. The first-order chi connectivity index (χ1) is 7.54. The van der Waals surface area contributed by atoms with Crippen molar-refractivity contribution in [2.45, 2.75) is 19.9 Å². The SMILES string of the molecule is CNC(C)c1oc2c(Br)cc(F)cc2c1C. The second kappa shape index (κ2) is 4.18. The molecule has 1 aromatic carbocycles. The summed E-state index contributed by atoms with van der Waals surface area (Å²) in [4.78, 5) is 0. The molecule has 1 unspecified atom stereocenters. The second-order valence-corrected chi connectivity index (χ2v) is 4.72. The lowest BCUT2D eigenvalue weighted by molar-refractivity contribution is 0.470. The van der Waals surface area contributed by atoms with Gasteiger partial charge in [-0.15, -0.1) is 0 Å². The Hall–Kier alpha value is -0.870. The second-order valence-electron chi connectivity index (χ2n) is 3.87. The third-order valence-electron chi connectivity index (χ3n) is 2.82. The third kappa shape index (κ3) is 1.76. The Labute approximate surface area is 102 Å². The van der Waals surface area contributed by atoms with E-state index < -0.39 is 0 Å². The molecule has 2 rings (SSSR count). The largest absolute Gasteiger partial charge is 0.458 e. The summed E-state index contributed by atoms with van der Waals surface area (Å²) in [7, 11) is 1.87. The number of hydrogen-bond acceptors (Lipinski definition) is 2. The van der Waals surface area contributed by atoms with Gasteiger partial charge in [0.2, 0.25) is 0 Å². The highest BCUT2D eigenvalue weighted by molar-refractivity contribution is 9.10. The zero-order valence-electron chi connectivity index (χ0n) is 9.40. The van der Waals surface area contributed by atoms with Crippen LogP contribution in [-0.4, -0.2) is 7.05 Å². The summed E-state index contributed by atoms with van der Waals surface area (Å²) >= 11 is 3.31. The highest BCUT2D eigenvalue weighted by atomic mass is 79.9. The van der Waals surface area contributed by atoms with Gasteiger partial charge in [-0.25, -0.2) is 4.39 Å². The number of furan rings is 1. The molecule has 0 bridgehead atoms. The van der Waals surface area contributed by atoms with Gasteiger partial charge >= 0.3 is 0 Å². The fraction of sp³-hybridized carbons (Fsp3) is 0.333. The predicted molar refractivity (Wildman–Crippen MR) is 66.1 cm³/mol. The van der Waals surface area contributed by atoms with Crippen LogP contribution in [0.1, 0.15) is 24.3 Å². The maximum absolute atomic E-state index is 13.3. The van der Waals surface area contributed by atoms with E-state index in [0.29, 0.717) is 10.1 Å². The summed E-state index contributed by atoms with van der Waals surface area (Å²) in [5, 5.41) is 3.94. The van der Waals surface area contributed by atoms with Gasteiger partial charge in [0.15, 0.2) is 0 Å². The maximum atomic E-state index is 13.3. The van der Waals surface area contributed by atoms with Crippen molar-refractivity contribution in [2.24, 2.45) is 0 Å². The number of rotatable bonds is 2. The van der Waals surface area contributed by atoms with Crippen LogP contribution in [0.15, 0.2) is 21.0 Å². The van der Waals surface area contributed by atoms with Crippen molar-refractivity contribution in [2.75, 3.05) is 7.05 Å². The van der Waals surface area contributed by atoms with E-state index in [2.05, 4.69) is 21.2 Å². The first kappa shape index (κ1) is 11.6. The Balaban J connectivity index is 2.72. The van der Waals surface area contributed by atoms with Crippen LogP contribution in [0, 0.1) is 12.7 Å². The van der Waals surface area contributed by atoms with Crippen molar-refractivity contribution in [1.29, 1.82) is 0 Å². The van der Waals surface area contributed by atoms with Gasteiger partial charge in [-0.05, 0) is 49.0 Å². The van der Waals surface area contributed by atoms with Crippen LogP contribution in [-0.2, 0) is 0 Å². The molecule has 2 nitrogen and oxygen atoms in total. The van der Waals surface area contributed by atoms with Gasteiger partial charge < -0.3 is 9.73 Å². The molecule has 0 spiro atoms. The van der Waals surface area contributed by atoms with Crippen molar-refractivity contribution in [3.8, 4) is 0 Å². The smallest absolute Gasteiger partial charge is 0.149 e. The Kier molecular flexibility index (Phi) is 3.04. The molecule has 86 valence electrons. The summed E-state index contributed by atoms with van der Waals surface area (Å²) in [6, 6.07) is 3.03. The van der Waals surface area contributed by atoms with E-state index in [9.17, 15) is 4.39 Å². The van der Waals surface area contributed by atoms with Crippen LogP contribution >= 0.6 is 15.9 Å². The summed E-state index contributed by atoms with van der Waals surface area (Å²) in [5.74, 6) is 0.593. The van der Waals surface area contributed by atoms with Crippen molar-refractivity contribution in [3.05, 3.63) is 33.7 Å². The monoisotopic (exact) mass is 285 g/mol. The molecule has 0 aliphatic rings. The summed E-state index contributed by atoms with van der Waals surface area (Å²) in [6.07, 6.45) is 0. The van der Waals surface area contributed by atoms with Gasteiger partial charge in [-0.1, -0.05) is 0 Å². The summed E-state index contributed by atoms with van der Waals surface area (Å²) < 4.78 is 19.7. The van der Waals surface area contributed by atoms with Crippen molar-refractivity contribution in [3.63, 3.8) is 0 Å². The zero-order chi connectivity index (χ0) is 11.9. The Bertz CT molecular complexity index is 535. The van der Waals surface area contributed by atoms with E-state index in [4.69, 9.17) is 4.42 Å². The van der Waals surface area contributed by atoms with Crippen molar-refractivity contribution in [1.82, 2.24) is 5.32 Å². The molecule has 0 aliphatic carbocycles. The zero-order valence-corrected chi connectivity index (χ0v) is 11.0. The van der Waals surface area contributed by atoms with E-state index in [-0.39, 0.29) is 11.9 Å². The van der Waals surface area contributed by atoms with Crippen LogP contribution in [0.25, 0.3) is 11.0 Å². The molecule has 0 aliphatic heterocycles. The van der Waals surface area contributed by atoms with E-state index >= 15 is 0 Å². The molecule has 0 amide bonds. The molecule has 16 heavy (non-hydrogen) atoms. The molecule has 0 radical (unpaired) electrons. The van der Waals surface area contributed by atoms with Gasteiger partial charge in [0.1, 0.15) is 17.2 Å². The van der Waals surface area contributed by atoms with Crippen LogP contribution in [0.2, 0.25) is 0 Å². The van der Waals surface area contributed by atoms with Gasteiger partial charge in [0.25, 0.3) is 0 Å². The third-order valence-corrected chi connectivity index (χ3v) is 3.41. The quantitative estimate of drug-likeness (QED) is 0.905. The molecule has 1 aromatic heterocycles. The van der Waals surface area contributed by atoms with E-state index in [1.54, 1.807) is 0 Å². The number of fused-ring (bicyclic) bond motifs is 1. The van der Waals surface area contributed by atoms with Crippen LogP contribution < -0.4 is 5.32 Å².